The Kier molecular flexibility index (Phi) is 6.26. The molecule has 0 radical (unpaired) electrons. The van der Waals surface area contributed by atoms with E-state index in [2.05, 4.69) is 21.5 Å². The van der Waals surface area contributed by atoms with Gasteiger partial charge in [0.25, 0.3) is 11.8 Å². The van der Waals surface area contributed by atoms with Gasteiger partial charge in [0.2, 0.25) is 5.88 Å². The first-order valence-electron chi connectivity index (χ1n) is 11.8. The van der Waals surface area contributed by atoms with E-state index in [-0.39, 0.29) is 18.1 Å². The van der Waals surface area contributed by atoms with Crippen LogP contribution in [-0.4, -0.2) is 38.7 Å². The molecular weight excluding hydrogens is 464 g/mol. The average molecular weight is 491 g/mol. The summed E-state index contributed by atoms with van der Waals surface area (Å²) in [5.74, 6) is 0.146. The number of ether oxygens (including phenoxy) is 1. The number of hydrogen-bond donors (Lipinski definition) is 2. The molecule has 180 valence electrons. The van der Waals surface area contributed by atoms with Gasteiger partial charge in [0.1, 0.15) is 11.1 Å². The Morgan fingerprint density at radius 2 is 1.89 bits per heavy atom. The fourth-order valence-electron chi connectivity index (χ4n) is 4.38. The van der Waals surface area contributed by atoms with Gasteiger partial charge in [-0.15, -0.1) is 11.3 Å². The van der Waals surface area contributed by atoms with E-state index in [1.165, 1.54) is 11.3 Å². The first kappa shape index (κ1) is 23.1. The Morgan fingerprint density at radius 1 is 1.17 bits per heavy atom. The fraction of sp³-hybridized carbons (Fsp3) is 0.400. The van der Waals surface area contributed by atoms with Gasteiger partial charge in [0, 0.05) is 12.0 Å². The van der Waals surface area contributed by atoms with E-state index in [9.17, 15) is 9.59 Å². The lowest BCUT2D eigenvalue weighted by molar-refractivity contribution is 0.0882. The SMILES string of the molecule is Cc1c(C(=O)NC2CCC(Oc3nc(C4CC4)sc3C(N)=O)CC2)cnn1-c1ccc(C#N)cc1. The van der Waals surface area contributed by atoms with Crippen molar-refractivity contribution in [2.24, 2.45) is 5.73 Å². The number of nitrogens with zero attached hydrogens (tertiary/aromatic N) is 4. The number of aromatic nitrogens is 3. The maximum Gasteiger partial charge on any atom is 0.264 e. The van der Waals surface area contributed by atoms with Crippen molar-refractivity contribution >= 4 is 23.2 Å². The van der Waals surface area contributed by atoms with E-state index in [4.69, 9.17) is 15.7 Å². The molecule has 5 rings (SSSR count). The van der Waals surface area contributed by atoms with Gasteiger partial charge in [-0.05, 0) is 69.7 Å². The third-order valence-corrected chi connectivity index (χ3v) is 7.76. The second-order valence-electron chi connectivity index (χ2n) is 9.10. The maximum atomic E-state index is 12.9. The summed E-state index contributed by atoms with van der Waals surface area (Å²) in [6, 6.07) is 9.19. The largest absolute Gasteiger partial charge is 0.473 e. The van der Waals surface area contributed by atoms with Gasteiger partial charge in [-0.2, -0.15) is 10.4 Å². The summed E-state index contributed by atoms with van der Waals surface area (Å²) in [4.78, 5) is 29.7. The molecule has 2 aliphatic carbocycles. The minimum absolute atomic E-state index is 0.0353. The van der Waals surface area contributed by atoms with Crippen LogP contribution in [0.25, 0.3) is 5.69 Å². The van der Waals surface area contributed by atoms with Gasteiger partial charge < -0.3 is 15.8 Å². The van der Waals surface area contributed by atoms with Crippen LogP contribution in [0.1, 0.15) is 80.7 Å². The summed E-state index contributed by atoms with van der Waals surface area (Å²) in [6.07, 6.45) is 6.75. The molecule has 2 aliphatic rings. The van der Waals surface area contributed by atoms with E-state index in [1.807, 2.05) is 6.92 Å². The predicted molar refractivity (Wildman–Crippen MR) is 130 cm³/mol. The van der Waals surface area contributed by atoms with Crippen LogP contribution in [-0.2, 0) is 0 Å². The molecule has 0 aliphatic heterocycles. The Hall–Kier alpha value is -3.71. The number of primary amides is 1. The Bertz CT molecular complexity index is 1290. The van der Waals surface area contributed by atoms with Crippen LogP contribution in [0.2, 0.25) is 0 Å². The number of amides is 2. The number of nitrogens with two attached hydrogens (primary N) is 1. The zero-order valence-corrected chi connectivity index (χ0v) is 20.2. The number of thiazole rings is 1. The lowest BCUT2D eigenvalue weighted by Crippen LogP contribution is -2.40. The Morgan fingerprint density at radius 3 is 2.51 bits per heavy atom. The van der Waals surface area contributed by atoms with Crippen molar-refractivity contribution in [2.45, 2.75) is 63.5 Å². The molecule has 3 N–H and O–H groups in total. The second-order valence-corrected chi connectivity index (χ2v) is 10.1. The standard InChI is InChI=1S/C25H26N6O3S/c1-14-20(13-28-31(14)18-8-2-15(12-26)3-9-18)23(33)29-17-6-10-19(11-7-17)34-24-21(22(27)32)35-25(30-24)16-4-5-16/h2-3,8-9,13,16-17,19H,4-7,10-11H2,1H3,(H2,27,32)(H,29,33). The molecule has 9 nitrogen and oxygen atoms in total. The summed E-state index contributed by atoms with van der Waals surface area (Å²) in [7, 11) is 0. The first-order chi connectivity index (χ1) is 16.9. The summed E-state index contributed by atoms with van der Waals surface area (Å²) >= 11 is 1.35. The molecule has 0 unspecified atom stereocenters. The highest BCUT2D eigenvalue weighted by Gasteiger charge is 2.32. The maximum absolute atomic E-state index is 12.9. The number of nitriles is 1. The van der Waals surface area contributed by atoms with E-state index in [1.54, 1.807) is 35.1 Å². The fourth-order valence-corrected chi connectivity index (χ4v) is 5.40. The van der Waals surface area contributed by atoms with Gasteiger partial charge in [0.15, 0.2) is 4.88 Å². The van der Waals surface area contributed by atoms with Crippen molar-refractivity contribution in [1.29, 1.82) is 5.26 Å². The van der Waals surface area contributed by atoms with E-state index in [0.717, 1.165) is 54.9 Å². The minimum atomic E-state index is -0.498. The normalized spacial score (nSPS) is 19.7. The number of rotatable bonds is 7. The molecule has 2 heterocycles. The number of carbonyl (C=O) groups is 2. The van der Waals surface area contributed by atoms with Crippen LogP contribution in [0.5, 0.6) is 5.88 Å². The zero-order chi connectivity index (χ0) is 24.5. The molecular formula is C25H26N6O3S. The van der Waals surface area contributed by atoms with Crippen molar-refractivity contribution in [2.75, 3.05) is 0 Å². The Balaban J connectivity index is 1.18. The molecule has 0 saturated heterocycles. The third-order valence-electron chi connectivity index (χ3n) is 6.55. The van der Waals surface area contributed by atoms with Crippen LogP contribution >= 0.6 is 11.3 Å². The van der Waals surface area contributed by atoms with Crippen molar-refractivity contribution < 1.29 is 14.3 Å². The zero-order valence-electron chi connectivity index (χ0n) is 19.4. The van der Waals surface area contributed by atoms with Crippen molar-refractivity contribution in [1.82, 2.24) is 20.1 Å². The van der Waals surface area contributed by atoms with E-state index < -0.39 is 5.91 Å². The quantitative estimate of drug-likeness (QED) is 0.519. The summed E-state index contributed by atoms with van der Waals surface area (Å²) in [5, 5.41) is 17.4. The van der Waals surface area contributed by atoms with Crippen molar-refractivity contribution in [3.63, 3.8) is 0 Å². The highest BCUT2D eigenvalue weighted by atomic mass is 32.1. The molecule has 2 amide bonds. The van der Waals surface area contributed by atoms with Gasteiger partial charge in [-0.25, -0.2) is 9.67 Å². The smallest absolute Gasteiger partial charge is 0.264 e. The summed E-state index contributed by atoms with van der Waals surface area (Å²) in [5.41, 5.74) is 8.15. The Labute approximate surface area is 206 Å². The third kappa shape index (κ3) is 4.91. The van der Waals surface area contributed by atoms with E-state index in [0.29, 0.717) is 27.8 Å². The number of benzene rings is 1. The lowest BCUT2D eigenvalue weighted by atomic mass is 9.92. The summed E-state index contributed by atoms with van der Waals surface area (Å²) < 4.78 is 7.78. The van der Waals surface area contributed by atoms with Crippen molar-refractivity contribution in [3.8, 4) is 17.6 Å². The van der Waals surface area contributed by atoms with Gasteiger partial charge in [0.05, 0.1) is 34.8 Å². The van der Waals surface area contributed by atoms with Crippen LogP contribution in [0.4, 0.5) is 0 Å². The van der Waals surface area contributed by atoms with Gasteiger partial charge in [-0.1, -0.05) is 0 Å². The topological polar surface area (TPSA) is 136 Å². The van der Waals surface area contributed by atoms with Crippen LogP contribution in [0, 0.1) is 18.3 Å². The number of carbonyl (C=O) groups excluding carboxylic acids is 2. The molecule has 10 heteroatoms. The van der Waals surface area contributed by atoms with Crippen molar-refractivity contribution in [3.05, 3.63) is 57.2 Å². The number of hydrogen-bond acceptors (Lipinski definition) is 7. The average Bonchev–Trinajstić information content (AvgIpc) is 3.51. The highest BCUT2D eigenvalue weighted by molar-refractivity contribution is 7.14. The number of nitrogens with one attached hydrogen (secondary N) is 1. The van der Waals surface area contributed by atoms with E-state index >= 15 is 0 Å². The van der Waals surface area contributed by atoms with Gasteiger partial charge >= 0.3 is 0 Å². The molecule has 2 saturated carbocycles. The second kappa shape index (κ2) is 9.50. The molecule has 0 spiro atoms. The predicted octanol–water partition coefficient (Wildman–Crippen LogP) is 3.61. The summed E-state index contributed by atoms with van der Waals surface area (Å²) in [6.45, 7) is 1.85. The highest BCUT2D eigenvalue weighted by Crippen LogP contribution is 2.44. The molecule has 2 aromatic heterocycles. The van der Waals surface area contributed by atoms with Crippen LogP contribution in [0.15, 0.2) is 30.5 Å². The first-order valence-corrected chi connectivity index (χ1v) is 12.6. The molecule has 0 atom stereocenters. The van der Waals surface area contributed by atoms with Gasteiger partial charge in [-0.3, -0.25) is 9.59 Å². The minimum Gasteiger partial charge on any atom is -0.473 e. The molecule has 3 aromatic rings. The van der Waals surface area contributed by atoms with Crippen LogP contribution in [0.3, 0.4) is 0 Å². The molecule has 0 bridgehead atoms. The van der Waals surface area contributed by atoms with Crippen LogP contribution < -0.4 is 15.8 Å². The molecule has 1 aromatic carbocycles. The lowest BCUT2D eigenvalue weighted by Gasteiger charge is -2.29. The monoisotopic (exact) mass is 490 g/mol. The molecule has 35 heavy (non-hydrogen) atoms. The molecule has 2 fully saturated rings.